The number of hydrogen-bond acceptors (Lipinski definition) is 3. The molecule has 1 saturated heterocycles. The van der Waals surface area contributed by atoms with E-state index in [0.29, 0.717) is 6.42 Å². The molecule has 0 aromatic carbocycles. The fraction of sp³-hybridized carbons (Fsp3) is 0.889. The molecule has 13 heavy (non-hydrogen) atoms. The number of rotatable bonds is 3. The highest BCUT2D eigenvalue weighted by Gasteiger charge is 2.22. The van der Waals surface area contributed by atoms with Gasteiger partial charge in [-0.05, 0) is 19.9 Å². The van der Waals surface area contributed by atoms with Crippen LogP contribution in [-0.4, -0.2) is 37.1 Å². The molecule has 0 aliphatic carbocycles. The highest BCUT2D eigenvalue weighted by Crippen LogP contribution is 2.11. The highest BCUT2D eigenvalue weighted by molar-refractivity contribution is 5.85. The lowest BCUT2D eigenvalue weighted by Crippen LogP contribution is -2.21. The fourth-order valence-electron chi connectivity index (χ4n) is 1.44. The first-order chi connectivity index (χ1) is 5.72. The van der Waals surface area contributed by atoms with E-state index in [1.165, 1.54) is 0 Å². The van der Waals surface area contributed by atoms with E-state index in [-0.39, 0.29) is 24.5 Å². The van der Waals surface area contributed by atoms with Gasteiger partial charge < -0.3 is 9.64 Å². The molecule has 1 fully saturated rings. The molecule has 1 aliphatic rings. The van der Waals surface area contributed by atoms with Crippen molar-refractivity contribution >= 4 is 18.4 Å². The zero-order chi connectivity index (χ0) is 8.97. The predicted octanol–water partition coefficient (Wildman–Crippen LogP) is 1.46. The molecule has 0 bridgehead atoms. The van der Waals surface area contributed by atoms with Crippen molar-refractivity contribution in [3.63, 3.8) is 0 Å². The first-order valence-electron chi connectivity index (χ1n) is 4.60. The molecule has 1 atom stereocenters. The van der Waals surface area contributed by atoms with Gasteiger partial charge in [-0.15, -0.1) is 12.4 Å². The quantitative estimate of drug-likeness (QED) is 0.657. The average molecular weight is 208 g/mol. The Morgan fingerprint density at radius 2 is 2.31 bits per heavy atom. The lowest BCUT2D eigenvalue weighted by atomic mass is 10.3. The van der Waals surface area contributed by atoms with Gasteiger partial charge in [0.15, 0.2) is 0 Å². The Morgan fingerprint density at radius 3 is 2.77 bits per heavy atom. The topological polar surface area (TPSA) is 29.5 Å². The molecule has 0 saturated carbocycles. The number of hydrogen-bond donors (Lipinski definition) is 0. The summed E-state index contributed by atoms with van der Waals surface area (Å²) in [6.07, 6.45) is 2.57. The first kappa shape index (κ1) is 12.7. The number of esters is 1. The van der Waals surface area contributed by atoms with Gasteiger partial charge in [0.25, 0.3) is 0 Å². The predicted molar refractivity (Wildman–Crippen MR) is 54.2 cm³/mol. The van der Waals surface area contributed by atoms with Crippen molar-refractivity contribution in [1.82, 2.24) is 4.90 Å². The summed E-state index contributed by atoms with van der Waals surface area (Å²) < 4.78 is 5.24. The Hall–Kier alpha value is -0.280. The van der Waals surface area contributed by atoms with Crippen LogP contribution < -0.4 is 0 Å². The summed E-state index contributed by atoms with van der Waals surface area (Å²) in [6, 6.07) is 0. The van der Waals surface area contributed by atoms with Gasteiger partial charge in [0.2, 0.25) is 0 Å². The third-order valence-electron chi connectivity index (χ3n) is 2.10. The third-order valence-corrected chi connectivity index (χ3v) is 2.10. The van der Waals surface area contributed by atoms with Crippen LogP contribution in [0.4, 0.5) is 0 Å². The van der Waals surface area contributed by atoms with Gasteiger partial charge in [-0.3, -0.25) is 4.79 Å². The second kappa shape index (κ2) is 6.22. The van der Waals surface area contributed by atoms with Crippen LogP contribution in [0, 0.1) is 0 Å². The standard InChI is InChI=1S/C9H17NO2.ClH/c1-3-4-9(11)12-8-5-6-10(2)7-8;/h8H,3-7H2,1-2H3;1H. The van der Waals surface area contributed by atoms with Crippen molar-refractivity contribution in [3.8, 4) is 0 Å². The maximum Gasteiger partial charge on any atom is 0.306 e. The lowest BCUT2D eigenvalue weighted by Gasteiger charge is -2.11. The van der Waals surface area contributed by atoms with Crippen molar-refractivity contribution in [2.24, 2.45) is 0 Å². The Kier molecular flexibility index (Phi) is 6.08. The van der Waals surface area contributed by atoms with Crippen molar-refractivity contribution in [2.45, 2.75) is 32.3 Å². The molecular formula is C9H18ClNO2. The van der Waals surface area contributed by atoms with Crippen LogP contribution >= 0.6 is 12.4 Å². The maximum absolute atomic E-state index is 11.1. The molecule has 1 heterocycles. The molecule has 0 aromatic rings. The maximum atomic E-state index is 11.1. The minimum absolute atomic E-state index is 0. The molecule has 0 N–H and O–H groups in total. The van der Waals surface area contributed by atoms with Crippen LogP contribution in [0.25, 0.3) is 0 Å². The Morgan fingerprint density at radius 1 is 1.62 bits per heavy atom. The molecular weight excluding hydrogens is 190 g/mol. The van der Waals surface area contributed by atoms with Crippen molar-refractivity contribution in [3.05, 3.63) is 0 Å². The average Bonchev–Trinajstić information content (AvgIpc) is 2.36. The molecule has 0 aromatic heterocycles. The van der Waals surface area contributed by atoms with E-state index in [1.807, 2.05) is 14.0 Å². The third kappa shape index (κ3) is 4.48. The lowest BCUT2D eigenvalue weighted by molar-refractivity contribution is -0.148. The van der Waals surface area contributed by atoms with Gasteiger partial charge >= 0.3 is 5.97 Å². The van der Waals surface area contributed by atoms with Gasteiger partial charge in [-0.1, -0.05) is 6.92 Å². The largest absolute Gasteiger partial charge is 0.461 e. The number of likely N-dealkylation sites (tertiary alicyclic amines) is 1. The van der Waals surface area contributed by atoms with E-state index in [2.05, 4.69) is 4.90 Å². The summed E-state index contributed by atoms with van der Waals surface area (Å²) in [6.45, 7) is 3.93. The number of carbonyl (C=O) groups is 1. The molecule has 0 radical (unpaired) electrons. The zero-order valence-electron chi connectivity index (χ0n) is 8.28. The minimum Gasteiger partial charge on any atom is -0.461 e. The summed E-state index contributed by atoms with van der Waals surface area (Å²) >= 11 is 0. The van der Waals surface area contributed by atoms with Gasteiger partial charge in [-0.2, -0.15) is 0 Å². The van der Waals surface area contributed by atoms with Crippen molar-refractivity contribution < 1.29 is 9.53 Å². The van der Waals surface area contributed by atoms with Crippen molar-refractivity contribution in [1.29, 1.82) is 0 Å². The Labute approximate surface area is 85.8 Å². The zero-order valence-corrected chi connectivity index (χ0v) is 9.10. The monoisotopic (exact) mass is 207 g/mol. The normalized spacial score (nSPS) is 22.5. The van der Waals surface area contributed by atoms with Crippen LogP contribution in [0.1, 0.15) is 26.2 Å². The van der Waals surface area contributed by atoms with Gasteiger partial charge in [0.1, 0.15) is 6.10 Å². The van der Waals surface area contributed by atoms with Gasteiger partial charge in [-0.25, -0.2) is 0 Å². The molecule has 78 valence electrons. The van der Waals surface area contributed by atoms with Crippen LogP contribution in [-0.2, 0) is 9.53 Å². The summed E-state index contributed by atoms with van der Waals surface area (Å²) in [5.41, 5.74) is 0. The van der Waals surface area contributed by atoms with Crippen LogP contribution in [0.2, 0.25) is 0 Å². The molecule has 0 spiro atoms. The van der Waals surface area contributed by atoms with E-state index in [9.17, 15) is 4.79 Å². The van der Waals surface area contributed by atoms with E-state index < -0.39 is 0 Å². The number of likely N-dealkylation sites (N-methyl/N-ethyl adjacent to an activating group) is 1. The van der Waals surface area contributed by atoms with Gasteiger partial charge in [0.05, 0.1) is 0 Å². The number of carbonyl (C=O) groups excluding carboxylic acids is 1. The summed E-state index contributed by atoms with van der Waals surface area (Å²) in [5, 5.41) is 0. The fourth-order valence-corrected chi connectivity index (χ4v) is 1.44. The first-order valence-corrected chi connectivity index (χ1v) is 4.60. The molecule has 1 aliphatic heterocycles. The van der Waals surface area contributed by atoms with Crippen LogP contribution in [0.15, 0.2) is 0 Å². The summed E-state index contributed by atoms with van der Waals surface area (Å²) in [4.78, 5) is 13.2. The van der Waals surface area contributed by atoms with Crippen molar-refractivity contribution in [2.75, 3.05) is 20.1 Å². The SMILES string of the molecule is CCCC(=O)OC1CCN(C)C1.Cl. The van der Waals surface area contributed by atoms with Crippen LogP contribution in [0.5, 0.6) is 0 Å². The second-order valence-corrected chi connectivity index (χ2v) is 3.41. The van der Waals surface area contributed by atoms with E-state index in [4.69, 9.17) is 4.74 Å². The minimum atomic E-state index is -0.0437. The summed E-state index contributed by atoms with van der Waals surface area (Å²) in [7, 11) is 2.05. The molecule has 1 rings (SSSR count). The number of nitrogens with zero attached hydrogens (tertiary/aromatic N) is 1. The van der Waals surface area contributed by atoms with Gasteiger partial charge in [0, 0.05) is 19.5 Å². The molecule has 4 heteroatoms. The molecule has 0 amide bonds. The molecule has 1 unspecified atom stereocenters. The summed E-state index contributed by atoms with van der Waals surface area (Å²) in [5.74, 6) is -0.0437. The highest BCUT2D eigenvalue weighted by atomic mass is 35.5. The molecule has 3 nitrogen and oxygen atoms in total. The number of ether oxygens (including phenoxy) is 1. The smallest absolute Gasteiger partial charge is 0.306 e. The van der Waals surface area contributed by atoms with E-state index >= 15 is 0 Å². The number of halogens is 1. The van der Waals surface area contributed by atoms with Crippen LogP contribution in [0.3, 0.4) is 0 Å². The van der Waals surface area contributed by atoms with E-state index in [1.54, 1.807) is 0 Å². The Balaban J connectivity index is 0.00000144. The second-order valence-electron chi connectivity index (χ2n) is 3.41. The van der Waals surface area contributed by atoms with E-state index in [0.717, 1.165) is 25.9 Å². The Bertz CT molecular complexity index is 164.